The zero-order chi connectivity index (χ0) is 13.3. The van der Waals surface area contributed by atoms with Crippen LogP contribution in [0.3, 0.4) is 0 Å². The molecule has 0 aliphatic carbocycles. The van der Waals surface area contributed by atoms with Crippen LogP contribution in [0.15, 0.2) is 0 Å². The van der Waals surface area contributed by atoms with Crippen LogP contribution in [-0.2, 0) is 9.59 Å². The van der Waals surface area contributed by atoms with Crippen LogP contribution in [-0.4, -0.2) is 36.1 Å². The molecule has 0 saturated heterocycles. The van der Waals surface area contributed by atoms with Crippen molar-refractivity contribution in [2.24, 2.45) is 5.92 Å². The Balaban J connectivity index is 3.54. The van der Waals surface area contributed by atoms with Gasteiger partial charge in [0.25, 0.3) is 0 Å². The number of hydrogen-bond donors (Lipinski definition) is 3. The second-order valence-electron chi connectivity index (χ2n) is 4.67. The van der Waals surface area contributed by atoms with Crippen LogP contribution in [0.1, 0.15) is 40.0 Å². The van der Waals surface area contributed by atoms with Gasteiger partial charge in [0.2, 0.25) is 11.8 Å². The Bertz CT molecular complexity index is 242. The number of carbonyl (C=O) groups is 2. The van der Waals surface area contributed by atoms with Crippen molar-refractivity contribution >= 4 is 11.8 Å². The summed E-state index contributed by atoms with van der Waals surface area (Å²) in [5.74, 6) is -0.0117. The lowest BCUT2D eigenvalue weighted by molar-refractivity contribution is -0.122. The molecular formula is C12H24N2O3. The Morgan fingerprint density at radius 3 is 2.24 bits per heavy atom. The molecule has 5 nitrogen and oxygen atoms in total. The maximum absolute atomic E-state index is 11.3. The second kappa shape index (κ2) is 8.98. The van der Waals surface area contributed by atoms with Gasteiger partial charge in [0.15, 0.2) is 0 Å². The SMILES string of the molecule is CC(CO)CNC(=O)CCCC(=O)NC(C)C. The van der Waals surface area contributed by atoms with Crippen molar-refractivity contribution in [3.05, 3.63) is 0 Å². The van der Waals surface area contributed by atoms with E-state index in [-0.39, 0.29) is 30.4 Å². The summed E-state index contributed by atoms with van der Waals surface area (Å²) < 4.78 is 0. The highest BCUT2D eigenvalue weighted by atomic mass is 16.3. The molecule has 0 rings (SSSR count). The largest absolute Gasteiger partial charge is 0.396 e. The average Bonchev–Trinajstić information content (AvgIpc) is 2.24. The van der Waals surface area contributed by atoms with Gasteiger partial charge in [-0.2, -0.15) is 0 Å². The predicted molar refractivity (Wildman–Crippen MR) is 66.4 cm³/mol. The van der Waals surface area contributed by atoms with Crippen LogP contribution < -0.4 is 10.6 Å². The number of nitrogens with one attached hydrogen (secondary N) is 2. The molecule has 1 atom stereocenters. The van der Waals surface area contributed by atoms with E-state index in [9.17, 15) is 9.59 Å². The van der Waals surface area contributed by atoms with Gasteiger partial charge in [0.1, 0.15) is 0 Å². The van der Waals surface area contributed by atoms with E-state index < -0.39 is 0 Å². The highest BCUT2D eigenvalue weighted by Gasteiger charge is 2.07. The van der Waals surface area contributed by atoms with E-state index in [0.717, 1.165) is 0 Å². The Hall–Kier alpha value is -1.10. The molecule has 0 bridgehead atoms. The van der Waals surface area contributed by atoms with E-state index in [1.807, 2.05) is 20.8 Å². The van der Waals surface area contributed by atoms with Gasteiger partial charge in [0, 0.05) is 32.0 Å². The van der Waals surface area contributed by atoms with Crippen molar-refractivity contribution in [3.63, 3.8) is 0 Å². The third-order valence-corrected chi connectivity index (χ3v) is 2.22. The summed E-state index contributed by atoms with van der Waals surface area (Å²) in [4.78, 5) is 22.6. The average molecular weight is 244 g/mol. The minimum atomic E-state index is -0.0670. The van der Waals surface area contributed by atoms with E-state index in [4.69, 9.17) is 5.11 Å². The summed E-state index contributed by atoms with van der Waals surface area (Å²) in [7, 11) is 0. The number of hydrogen-bond acceptors (Lipinski definition) is 3. The van der Waals surface area contributed by atoms with Crippen LogP contribution in [0.4, 0.5) is 0 Å². The second-order valence-corrected chi connectivity index (χ2v) is 4.67. The quantitative estimate of drug-likeness (QED) is 0.579. The zero-order valence-electron chi connectivity index (χ0n) is 11.0. The molecule has 5 heteroatoms. The van der Waals surface area contributed by atoms with Crippen molar-refractivity contribution in [1.29, 1.82) is 0 Å². The fourth-order valence-corrected chi connectivity index (χ4v) is 1.24. The fraction of sp³-hybridized carbons (Fsp3) is 0.833. The summed E-state index contributed by atoms with van der Waals surface area (Å²) in [5.41, 5.74) is 0. The third-order valence-electron chi connectivity index (χ3n) is 2.22. The molecule has 0 aromatic rings. The number of carbonyl (C=O) groups excluding carboxylic acids is 2. The van der Waals surface area contributed by atoms with Gasteiger partial charge in [-0.15, -0.1) is 0 Å². The molecular weight excluding hydrogens is 220 g/mol. The van der Waals surface area contributed by atoms with Crippen molar-refractivity contribution in [1.82, 2.24) is 10.6 Å². The van der Waals surface area contributed by atoms with Gasteiger partial charge in [-0.25, -0.2) is 0 Å². The van der Waals surface area contributed by atoms with E-state index >= 15 is 0 Å². The molecule has 0 radical (unpaired) electrons. The first-order valence-electron chi connectivity index (χ1n) is 6.12. The maximum atomic E-state index is 11.3. The summed E-state index contributed by atoms with van der Waals surface area (Å²) in [6.07, 6.45) is 1.28. The summed E-state index contributed by atoms with van der Waals surface area (Å²) in [6, 6.07) is 0.140. The minimum absolute atomic E-state index is 0.0171. The molecule has 0 fully saturated rings. The van der Waals surface area contributed by atoms with Gasteiger partial charge in [0.05, 0.1) is 0 Å². The van der Waals surface area contributed by atoms with E-state index in [2.05, 4.69) is 10.6 Å². The molecule has 2 amide bonds. The Morgan fingerprint density at radius 1 is 1.12 bits per heavy atom. The number of rotatable bonds is 8. The van der Waals surface area contributed by atoms with Crippen molar-refractivity contribution in [2.75, 3.05) is 13.2 Å². The fourth-order valence-electron chi connectivity index (χ4n) is 1.24. The Labute approximate surface area is 103 Å². The number of amides is 2. The van der Waals surface area contributed by atoms with Crippen LogP contribution in [0, 0.1) is 5.92 Å². The van der Waals surface area contributed by atoms with Crippen molar-refractivity contribution < 1.29 is 14.7 Å². The molecule has 0 aliphatic heterocycles. The van der Waals surface area contributed by atoms with Gasteiger partial charge >= 0.3 is 0 Å². The first kappa shape index (κ1) is 15.9. The number of aliphatic hydroxyl groups excluding tert-OH is 1. The molecule has 0 heterocycles. The predicted octanol–water partition coefficient (Wildman–Crippen LogP) is 0.426. The summed E-state index contributed by atoms with van der Waals surface area (Å²) >= 11 is 0. The molecule has 100 valence electrons. The van der Waals surface area contributed by atoms with E-state index in [1.54, 1.807) is 0 Å². The summed E-state index contributed by atoms with van der Waals surface area (Å²) in [6.45, 7) is 6.21. The molecule has 0 spiro atoms. The molecule has 0 aromatic carbocycles. The Kier molecular flexibility index (Phi) is 8.40. The normalized spacial score (nSPS) is 12.3. The Morgan fingerprint density at radius 2 is 1.71 bits per heavy atom. The lowest BCUT2D eigenvalue weighted by Gasteiger charge is -2.10. The van der Waals surface area contributed by atoms with Crippen LogP contribution >= 0.6 is 0 Å². The number of aliphatic hydroxyl groups is 1. The monoisotopic (exact) mass is 244 g/mol. The van der Waals surface area contributed by atoms with Gasteiger partial charge in [-0.3, -0.25) is 9.59 Å². The molecule has 0 saturated carbocycles. The highest BCUT2D eigenvalue weighted by Crippen LogP contribution is 1.97. The van der Waals surface area contributed by atoms with E-state index in [1.165, 1.54) is 0 Å². The molecule has 1 unspecified atom stereocenters. The lowest BCUT2D eigenvalue weighted by atomic mass is 10.2. The topological polar surface area (TPSA) is 78.4 Å². The van der Waals surface area contributed by atoms with Crippen LogP contribution in [0.25, 0.3) is 0 Å². The van der Waals surface area contributed by atoms with Crippen LogP contribution in [0.2, 0.25) is 0 Å². The molecule has 3 N–H and O–H groups in total. The van der Waals surface area contributed by atoms with Crippen LogP contribution in [0.5, 0.6) is 0 Å². The smallest absolute Gasteiger partial charge is 0.220 e. The van der Waals surface area contributed by atoms with Gasteiger partial charge in [-0.05, 0) is 26.2 Å². The minimum Gasteiger partial charge on any atom is -0.396 e. The van der Waals surface area contributed by atoms with E-state index in [0.29, 0.717) is 25.8 Å². The standard InChI is InChI=1S/C12H24N2O3/c1-9(2)14-12(17)6-4-5-11(16)13-7-10(3)8-15/h9-10,15H,4-8H2,1-3H3,(H,13,16)(H,14,17). The third kappa shape index (κ3) is 9.81. The zero-order valence-corrected chi connectivity index (χ0v) is 11.0. The molecule has 17 heavy (non-hydrogen) atoms. The summed E-state index contributed by atoms with van der Waals surface area (Å²) in [5, 5.41) is 14.3. The van der Waals surface area contributed by atoms with Crippen molar-refractivity contribution in [2.45, 2.75) is 46.1 Å². The highest BCUT2D eigenvalue weighted by molar-refractivity contribution is 5.78. The molecule has 0 aromatic heterocycles. The van der Waals surface area contributed by atoms with Crippen molar-refractivity contribution in [3.8, 4) is 0 Å². The van der Waals surface area contributed by atoms with Gasteiger partial charge < -0.3 is 15.7 Å². The molecule has 0 aliphatic rings. The maximum Gasteiger partial charge on any atom is 0.220 e. The lowest BCUT2D eigenvalue weighted by Crippen LogP contribution is -2.31. The first-order chi connectivity index (χ1) is 7.95. The first-order valence-corrected chi connectivity index (χ1v) is 6.12. The van der Waals surface area contributed by atoms with Gasteiger partial charge in [-0.1, -0.05) is 6.92 Å².